The van der Waals surface area contributed by atoms with E-state index in [0.29, 0.717) is 0 Å². The minimum Gasteiger partial charge on any atom is -0.480 e. The number of carboxylic acid groups (broad SMARTS) is 5. The molecule has 6 N–H and O–H groups in total. The third-order valence-corrected chi connectivity index (χ3v) is 3.93. The third-order valence-electron chi connectivity index (χ3n) is 3.93. The third kappa shape index (κ3) is 13.4. The van der Waals surface area contributed by atoms with E-state index in [9.17, 15) is 29.1 Å². The fourth-order valence-corrected chi connectivity index (χ4v) is 2.80. The van der Waals surface area contributed by atoms with Crippen molar-refractivity contribution in [1.29, 1.82) is 0 Å². The maximum atomic E-state index is 11.2. The van der Waals surface area contributed by atoms with E-state index in [1.165, 1.54) is 4.90 Å². The van der Waals surface area contributed by atoms with Crippen molar-refractivity contribution < 1.29 is 54.6 Å². The largest absolute Gasteiger partial charge is 0.480 e. The summed E-state index contributed by atoms with van der Waals surface area (Å²) in [5.41, 5.74) is 0. The van der Waals surface area contributed by atoms with E-state index >= 15 is 0 Å². The van der Waals surface area contributed by atoms with Crippen molar-refractivity contribution in [2.75, 3.05) is 59.0 Å². The Bertz CT molecular complexity index is 581. The monoisotopic (exact) mass is 437 g/mol. The molecule has 0 aromatic carbocycles. The molecule has 0 aromatic heterocycles. The van der Waals surface area contributed by atoms with Crippen LogP contribution in [0, 0.1) is 0 Å². The van der Waals surface area contributed by atoms with Gasteiger partial charge in [0.25, 0.3) is 0 Å². The van der Waals surface area contributed by atoms with Crippen molar-refractivity contribution in [3.63, 3.8) is 0 Å². The summed E-state index contributed by atoms with van der Waals surface area (Å²) in [6.45, 7) is -3.76. The summed E-state index contributed by atoms with van der Waals surface area (Å²) in [4.78, 5) is 58.5. The van der Waals surface area contributed by atoms with Gasteiger partial charge in [-0.05, 0) is 6.42 Å². The SMILES string of the molecule is O=C(O)CN(CCN(CC(=O)O)CC(CCO)N(CC(=O)O)CC(=O)O)CC(=O)O. The number of nitrogens with zero attached hydrogens (tertiary/aromatic N) is 3. The van der Waals surface area contributed by atoms with Gasteiger partial charge in [0.15, 0.2) is 0 Å². The van der Waals surface area contributed by atoms with Crippen LogP contribution in [-0.4, -0.2) is 140 Å². The number of aliphatic hydroxyl groups is 1. The molecule has 0 aliphatic carbocycles. The fraction of sp³-hybridized carbons (Fsp3) is 0.688. The summed E-state index contributed by atoms with van der Waals surface area (Å²) in [6, 6.07) is -0.825. The van der Waals surface area contributed by atoms with E-state index in [1.807, 2.05) is 0 Å². The fourth-order valence-electron chi connectivity index (χ4n) is 2.80. The predicted molar refractivity (Wildman–Crippen MR) is 98.1 cm³/mol. The molecular formula is C16H27N3O11. The molecule has 14 nitrogen and oxygen atoms in total. The Morgan fingerprint density at radius 2 is 0.967 bits per heavy atom. The van der Waals surface area contributed by atoms with Crippen molar-refractivity contribution in [2.24, 2.45) is 0 Å². The van der Waals surface area contributed by atoms with Crippen molar-refractivity contribution in [2.45, 2.75) is 12.5 Å². The van der Waals surface area contributed by atoms with Crippen LogP contribution in [0.15, 0.2) is 0 Å². The molecule has 0 aliphatic rings. The Kier molecular flexibility index (Phi) is 12.9. The molecule has 0 amide bonds. The normalized spacial score (nSPS) is 12.3. The average Bonchev–Trinajstić information content (AvgIpc) is 2.56. The van der Waals surface area contributed by atoms with Gasteiger partial charge in [-0.2, -0.15) is 0 Å². The zero-order valence-corrected chi connectivity index (χ0v) is 16.2. The zero-order valence-electron chi connectivity index (χ0n) is 16.2. The van der Waals surface area contributed by atoms with E-state index in [-0.39, 0.29) is 26.1 Å². The number of hydrogen-bond acceptors (Lipinski definition) is 9. The number of aliphatic carboxylic acids is 5. The molecule has 0 heterocycles. The van der Waals surface area contributed by atoms with Gasteiger partial charge in [-0.1, -0.05) is 0 Å². The molecule has 30 heavy (non-hydrogen) atoms. The lowest BCUT2D eigenvalue weighted by atomic mass is 10.1. The van der Waals surface area contributed by atoms with Crippen LogP contribution in [0.2, 0.25) is 0 Å². The van der Waals surface area contributed by atoms with Crippen molar-refractivity contribution in [3.05, 3.63) is 0 Å². The summed E-state index contributed by atoms with van der Waals surface area (Å²) < 4.78 is 0. The van der Waals surface area contributed by atoms with E-state index in [4.69, 9.17) is 25.5 Å². The molecule has 0 radical (unpaired) electrons. The Morgan fingerprint density at radius 1 is 0.600 bits per heavy atom. The van der Waals surface area contributed by atoms with E-state index in [1.54, 1.807) is 0 Å². The van der Waals surface area contributed by atoms with Crippen LogP contribution in [0.4, 0.5) is 0 Å². The molecule has 172 valence electrons. The maximum Gasteiger partial charge on any atom is 0.317 e. The maximum absolute atomic E-state index is 11.2. The first-order chi connectivity index (χ1) is 13.9. The van der Waals surface area contributed by atoms with Gasteiger partial charge < -0.3 is 30.6 Å². The summed E-state index contributed by atoms with van der Waals surface area (Å²) in [5, 5.41) is 54.2. The number of carboxylic acids is 5. The molecule has 0 bridgehead atoms. The first-order valence-electron chi connectivity index (χ1n) is 8.83. The summed E-state index contributed by atoms with van der Waals surface area (Å²) in [7, 11) is 0. The molecule has 0 saturated heterocycles. The van der Waals surface area contributed by atoms with Gasteiger partial charge in [0.2, 0.25) is 0 Å². The molecule has 0 aliphatic heterocycles. The van der Waals surface area contributed by atoms with Gasteiger partial charge in [0.1, 0.15) is 0 Å². The van der Waals surface area contributed by atoms with Gasteiger partial charge in [-0.25, -0.2) is 0 Å². The second kappa shape index (κ2) is 14.2. The highest BCUT2D eigenvalue weighted by Gasteiger charge is 2.26. The molecule has 0 rings (SSSR count). The lowest BCUT2D eigenvalue weighted by molar-refractivity contribution is -0.144. The van der Waals surface area contributed by atoms with E-state index in [2.05, 4.69) is 0 Å². The van der Waals surface area contributed by atoms with Crippen LogP contribution in [0.3, 0.4) is 0 Å². The average molecular weight is 437 g/mol. The van der Waals surface area contributed by atoms with Crippen LogP contribution in [-0.2, 0) is 24.0 Å². The van der Waals surface area contributed by atoms with E-state index in [0.717, 1.165) is 9.80 Å². The lowest BCUT2D eigenvalue weighted by Gasteiger charge is -2.34. The number of aliphatic hydroxyl groups excluding tert-OH is 1. The molecule has 0 saturated carbocycles. The van der Waals surface area contributed by atoms with Crippen LogP contribution in [0.25, 0.3) is 0 Å². The predicted octanol–water partition coefficient (Wildman–Crippen LogP) is -2.93. The molecule has 0 spiro atoms. The first kappa shape index (κ1) is 27.2. The van der Waals surface area contributed by atoms with Gasteiger partial charge in [0.05, 0.1) is 32.7 Å². The minimum atomic E-state index is -1.31. The van der Waals surface area contributed by atoms with Gasteiger partial charge in [0, 0.05) is 32.3 Å². The van der Waals surface area contributed by atoms with Gasteiger partial charge in [-0.15, -0.1) is 0 Å². The second-order valence-electron chi connectivity index (χ2n) is 6.49. The van der Waals surface area contributed by atoms with E-state index < -0.39 is 75.2 Å². The first-order valence-corrected chi connectivity index (χ1v) is 8.83. The Morgan fingerprint density at radius 3 is 1.33 bits per heavy atom. The van der Waals surface area contributed by atoms with Crippen LogP contribution in [0.1, 0.15) is 6.42 Å². The minimum absolute atomic E-state index is 0.0371. The topological polar surface area (TPSA) is 216 Å². The second-order valence-corrected chi connectivity index (χ2v) is 6.49. The molecule has 0 fully saturated rings. The zero-order chi connectivity index (χ0) is 23.3. The Labute approximate surface area is 171 Å². The number of rotatable bonds is 18. The molecule has 1 unspecified atom stereocenters. The Balaban J connectivity index is 5.38. The molecule has 1 atom stereocenters. The smallest absolute Gasteiger partial charge is 0.317 e. The van der Waals surface area contributed by atoms with Crippen LogP contribution in [0.5, 0.6) is 0 Å². The molecule has 14 heteroatoms. The van der Waals surface area contributed by atoms with Crippen LogP contribution >= 0.6 is 0 Å². The Hall–Kier alpha value is -2.81. The standard InChI is InChI=1S/C16H27N3O11/c20-4-1-11(19(9-15(27)28)10-16(29)30)5-17(6-12(21)22)2-3-18(7-13(23)24)8-14(25)26/h11,20H,1-10H2,(H,21,22)(H,23,24)(H,25,26)(H,27,28)(H,29,30). The summed E-state index contributed by atoms with van der Waals surface area (Å²) in [5.74, 6) is -6.40. The highest BCUT2D eigenvalue weighted by Crippen LogP contribution is 2.08. The van der Waals surface area contributed by atoms with Crippen molar-refractivity contribution in [1.82, 2.24) is 14.7 Å². The molecule has 0 aromatic rings. The number of carbonyl (C=O) groups is 5. The van der Waals surface area contributed by atoms with Crippen LogP contribution < -0.4 is 0 Å². The summed E-state index contributed by atoms with van der Waals surface area (Å²) in [6.07, 6.45) is -0.0371. The highest BCUT2D eigenvalue weighted by atomic mass is 16.4. The lowest BCUT2D eigenvalue weighted by Crippen LogP contribution is -2.51. The van der Waals surface area contributed by atoms with Gasteiger partial charge >= 0.3 is 29.8 Å². The quantitative estimate of drug-likeness (QED) is 0.126. The van der Waals surface area contributed by atoms with Crippen molar-refractivity contribution in [3.8, 4) is 0 Å². The highest BCUT2D eigenvalue weighted by molar-refractivity contribution is 5.73. The summed E-state index contributed by atoms with van der Waals surface area (Å²) >= 11 is 0. The van der Waals surface area contributed by atoms with Gasteiger partial charge in [-0.3, -0.25) is 38.7 Å². The number of hydrogen-bond donors (Lipinski definition) is 6. The molecular weight excluding hydrogens is 410 g/mol. The van der Waals surface area contributed by atoms with Crippen molar-refractivity contribution >= 4 is 29.8 Å².